The second-order valence-electron chi connectivity index (χ2n) is 7.59. The van der Waals surface area contributed by atoms with Crippen LogP contribution in [0.3, 0.4) is 0 Å². The molecule has 2 aliphatic heterocycles. The van der Waals surface area contributed by atoms with E-state index in [0.717, 1.165) is 44.0 Å². The molecular weight excluding hydrogens is 340 g/mol. The highest BCUT2D eigenvalue weighted by molar-refractivity contribution is 5.87. The first kappa shape index (κ1) is 18.0. The van der Waals surface area contributed by atoms with Crippen molar-refractivity contribution in [2.24, 2.45) is 0 Å². The van der Waals surface area contributed by atoms with E-state index in [1.165, 1.54) is 37.1 Å². The summed E-state index contributed by atoms with van der Waals surface area (Å²) < 4.78 is 1.99. The molecule has 2 aliphatic rings. The maximum Gasteiger partial charge on any atom is 0.335 e. The zero-order valence-corrected chi connectivity index (χ0v) is 15.9. The standard InChI is InChI=1S/C21H28N4O2/c1-2-24-13-5-6-16(14-24)19-18-7-3-4-12-22-20(18)25(23-19)17-10-8-15(9-11-17)21(26)27/h8-11,16,22H,2-7,12-14H2,1H3,(H,26,27). The number of aromatic nitrogens is 2. The van der Waals surface area contributed by atoms with E-state index in [4.69, 9.17) is 10.2 Å². The van der Waals surface area contributed by atoms with Crippen molar-refractivity contribution in [2.75, 3.05) is 31.5 Å². The third kappa shape index (κ3) is 3.58. The third-order valence-corrected chi connectivity index (χ3v) is 5.86. The van der Waals surface area contributed by atoms with Gasteiger partial charge in [0.25, 0.3) is 0 Å². The number of hydrogen-bond donors (Lipinski definition) is 2. The Hall–Kier alpha value is -2.34. The first-order chi connectivity index (χ1) is 13.2. The van der Waals surface area contributed by atoms with E-state index in [0.29, 0.717) is 11.5 Å². The molecule has 1 saturated heterocycles. The van der Waals surface area contributed by atoms with Gasteiger partial charge in [0.15, 0.2) is 0 Å². The SMILES string of the molecule is CCN1CCCC(c2nn(-c3ccc(C(=O)O)cc3)c3c2CCCCN3)C1. The minimum atomic E-state index is -0.901. The number of carboxylic acid groups (broad SMARTS) is 1. The van der Waals surface area contributed by atoms with Gasteiger partial charge in [-0.2, -0.15) is 5.10 Å². The Morgan fingerprint density at radius 3 is 2.81 bits per heavy atom. The quantitative estimate of drug-likeness (QED) is 0.864. The summed E-state index contributed by atoms with van der Waals surface area (Å²) >= 11 is 0. The number of likely N-dealkylation sites (tertiary alicyclic amines) is 1. The van der Waals surface area contributed by atoms with Gasteiger partial charge < -0.3 is 15.3 Å². The van der Waals surface area contributed by atoms with Gasteiger partial charge in [0.2, 0.25) is 0 Å². The van der Waals surface area contributed by atoms with Crippen molar-refractivity contribution >= 4 is 11.8 Å². The number of nitrogens with zero attached hydrogens (tertiary/aromatic N) is 3. The second-order valence-corrected chi connectivity index (χ2v) is 7.59. The van der Waals surface area contributed by atoms with Gasteiger partial charge in [0.05, 0.1) is 16.9 Å². The molecule has 0 aliphatic carbocycles. The van der Waals surface area contributed by atoms with E-state index in [2.05, 4.69) is 17.1 Å². The van der Waals surface area contributed by atoms with Crippen LogP contribution in [0.1, 0.15) is 60.1 Å². The van der Waals surface area contributed by atoms with Crippen molar-refractivity contribution in [1.29, 1.82) is 0 Å². The van der Waals surface area contributed by atoms with Crippen LogP contribution >= 0.6 is 0 Å². The normalized spacial score (nSPS) is 20.6. The summed E-state index contributed by atoms with van der Waals surface area (Å²) in [6, 6.07) is 7.02. The van der Waals surface area contributed by atoms with Crippen LogP contribution in [0.15, 0.2) is 24.3 Å². The van der Waals surface area contributed by atoms with Crippen LogP contribution in [-0.4, -0.2) is 51.9 Å². The number of anilines is 1. The van der Waals surface area contributed by atoms with E-state index in [1.54, 1.807) is 12.1 Å². The average molecular weight is 368 g/mol. The van der Waals surface area contributed by atoms with Crippen molar-refractivity contribution in [3.8, 4) is 5.69 Å². The third-order valence-electron chi connectivity index (χ3n) is 5.86. The number of benzene rings is 1. The fourth-order valence-corrected chi connectivity index (χ4v) is 4.35. The predicted octanol–water partition coefficient (Wildman–Crippen LogP) is 3.52. The summed E-state index contributed by atoms with van der Waals surface area (Å²) in [5.74, 6) is 0.674. The topological polar surface area (TPSA) is 70.4 Å². The zero-order valence-electron chi connectivity index (χ0n) is 15.9. The van der Waals surface area contributed by atoms with E-state index in [9.17, 15) is 4.79 Å². The molecular formula is C21H28N4O2. The number of nitrogens with one attached hydrogen (secondary N) is 1. The van der Waals surface area contributed by atoms with Crippen LogP contribution in [0.2, 0.25) is 0 Å². The summed E-state index contributed by atoms with van der Waals surface area (Å²) in [5.41, 5.74) is 3.81. The first-order valence-corrected chi connectivity index (χ1v) is 10.1. The van der Waals surface area contributed by atoms with Gasteiger partial charge >= 0.3 is 5.97 Å². The molecule has 0 amide bonds. The Morgan fingerprint density at radius 1 is 1.26 bits per heavy atom. The van der Waals surface area contributed by atoms with E-state index >= 15 is 0 Å². The molecule has 2 N–H and O–H groups in total. The first-order valence-electron chi connectivity index (χ1n) is 10.1. The Bertz CT molecular complexity index is 812. The summed E-state index contributed by atoms with van der Waals surface area (Å²) in [6.45, 7) is 6.54. The summed E-state index contributed by atoms with van der Waals surface area (Å²) in [6.07, 6.45) is 5.82. The Morgan fingerprint density at radius 2 is 2.07 bits per heavy atom. The molecule has 144 valence electrons. The van der Waals surface area contributed by atoms with Gasteiger partial charge in [0, 0.05) is 24.6 Å². The van der Waals surface area contributed by atoms with Crippen LogP contribution in [0, 0.1) is 0 Å². The molecule has 0 saturated carbocycles. The molecule has 1 atom stereocenters. The summed E-state index contributed by atoms with van der Waals surface area (Å²) in [4.78, 5) is 13.7. The van der Waals surface area contributed by atoms with Crippen molar-refractivity contribution in [3.05, 3.63) is 41.1 Å². The average Bonchev–Trinajstić information content (AvgIpc) is 2.89. The largest absolute Gasteiger partial charge is 0.478 e. The van der Waals surface area contributed by atoms with Gasteiger partial charge in [-0.3, -0.25) is 0 Å². The molecule has 3 heterocycles. The predicted molar refractivity (Wildman–Crippen MR) is 106 cm³/mol. The number of aromatic carboxylic acids is 1. The number of likely N-dealkylation sites (N-methyl/N-ethyl adjacent to an activating group) is 1. The smallest absolute Gasteiger partial charge is 0.335 e. The number of piperidine rings is 1. The lowest BCUT2D eigenvalue weighted by atomic mass is 9.91. The Kier molecular flexibility index (Phi) is 5.16. The highest BCUT2D eigenvalue weighted by Crippen LogP contribution is 2.35. The Labute approximate surface area is 160 Å². The fourth-order valence-electron chi connectivity index (χ4n) is 4.35. The lowest BCUT2D eigenvalue weighted by molar-refractivity contribution is 0.0697. The van der Waals surface area contributed by atoms with E-state index in [1.807, 2.05) is 16.8 Å². The molecule has 1 aromatic heterocycles. The molecule has 2 aromatic rings. The van der Waals surface area contributed by atoms with Crippen molar-refractivity contribution in [3.63, 3.8) is 0 Å². The number of carboxylic acids is 1. The molecule has 1 fully saturated rings. The van der Waals surface area contributed by atoms with Crippen LogP contribution in [0.5, 0.6) is 0 Å². The van der Waals surface area contributed by atoms with Crippen molar-refractivity contribution in [1.82, 2.24) is 14.7 Å². The van der Waals surface area contributed by atoms with E-state index < -0.39 is 5.97 Å². The van der Waals surface area contributed by atoms with Crippen LogP contribution in [0.25, 0.3) is 5.69 Å². The van der Waals surface area contributed by atoms with E-state index in [-0.39, 0.29) is 0 Å². The molecule has 0 bridgehead atoms. The molecule has 27 heavy (non-hydrogen) atoms. The van der Waals surface area contributed by atoms with Gasteiger partial charge in [-0.25, -0.2) is 9.48 Å². The highest BCUT2D eigenvalue weighted by atomic mass is 16.4. The molecule has 4 rings (SSSR count). The van der Waals surface area contributed by atoms with Gasteiger partial charge in [-0.05, 0) is 69.5 Å². The second kappa shape index (κ2) is 7.72. The summed E-state index contributed by atoms with van der Waals surface area (Å²) in [7, 11) is 0. The van der Waals surface area contributed by atoms with Crippen LogP contribution in [0.4, 0.5) is 5.82 Å². The monoisotopic (exact) mass is 368 g/mol. The van der Waals surface area contributed by atoms with Gasteiger partial charge in [-0.15, -0.1) is 0 Å². The number of rotatable bonds is 4. The molecule has 1 unspecified atom stereocenters. The number of carbonyl (C=O) groups is 1. The molecule has 1 aromatic carbocycles. The van der Waals surface area contributed by atoms with Crippen LogP contribution < -0.4 is 5.32 Å². The maximum atomic E-state index is 11.2. The summed E-state index contributed by atoms with van der Waals surface area (Å²) in [5, 5.41) is 17.8. The molecule has 6 nitrogen and oxygen atoms in total. The zero-order chi connectivity index (χ0) is 18.8. The van der Waals surface area contributed by atoms with Gasteiger partial charge in [-0.1, -0.05) is 6.92 Å². The van der Waals surface area contributed by atoms with Crippen molar-refractivity contribution in [2.45, 2.75) is 44.9 Å². The van der Waals surface area contributed by atoms with Gasteiger partial charge in [0.1, 0.15) is 5.82 Å². The Balaban J connectivity index is 1.73. The van der Waals surface area contributed by atoms with Crippen molar-refractivity contribution < 1.29 is 9.90 Å². The number of fused-ring (bicyclic) bond motifs is 1. The molecule has 0 radical (unpaired) electrons. The minimum absolute atomic E-state index is 0.302. The maximum absolute atomic E-state index is 11.2. The lowest BCUT2D eigenvalue weighted by Crippen LogP contribution is -2.34. The molecule has 6 heteroatoms. The fraction of sp³-hybridized carbons (Fsp3) is 0.524. The minimum Gasteiger partial charge on any atom is -0.478 e. The lowest BCUT2D eigenvalue weighted by Gasteiger charge is -2.31. The van der Waals surface area contributed by atoms with Crippen LogP contribution in [-0.2, 0) is 6.42 Å². The molecule has 0 spiro atoms. The highest BCUT2D eigenvalue weighted by Gasteiger charge is 2.29. The number of hydrogen-bond acceptors (Lipinski definition) is 4.